The van der Waals surface area contributed by atoms with Crippen molar-refractivity contribution >= 4 is 24.2 Å². The topological polar surface area (TPSA) is 130 Å². The monoisotopic (exact) mass is 581 g/mol. The van der Waals surface area contributed by atoms with E-state index in [0.717, 1.165) is 16.0 Å². The standard InChI is InChI=1S/C31H39N3O8/c1-29(2,3)39-26(35)34(27(36)40-30(4,5)6)25-23(11-10-16-32-25)24-18-22(33-42-24)17-20-12-14-21(15-13-20)19-38-28(37)41-31(7,8)9/h10-16,18H,17,19H2,1-9H3. The first-order chi connectivity index (χ1) is 19.4. The van der Waals surface area contributed by atoms with E-state index < -0.39 is 35.1 Å². The predicted octanol–water partition coefficient (Wildman–Crippen LogP) is 7.46. The number of pyridine rings is 1. The SMILES string of the molecule is CC(C)(C)OC(=O)OCc1ccc(Cc2cc(-c3cccnc3N(C(=O)OC(C)(C)C)C(=O)OC(C)(C)C)on2)cc1. The number of nitrogens with zero attached hydrogens (tertiary/aromatic N) is 3. The van der Waals surface area contributed by atoms with Crippen LogP contribution < -0.4 is 4.90 Å². The van der Waals surface area contributed by atoms with Gasteiger partial charge in [-0.2, -0.15) is 4.90 Å². The maximum atomic E-state index is 13.2. The summed E-state index contributed by atoms with van der Waals surface area (Å²) in [5.74, 6) is 0.283. The van der Waals surface area contributed by atoms with Crippen LogP contribution in [0.1, 0.15) is 79.1 Å². The van der Waals surface area contributed by atoms with Crippen LogP contribution in [0.15, 0.2) is 53.2 Å². The number of hydrogen-bond donors (Lipinski definition) is 0. The van der Waals surface area contributed by atoms with Crippen molar-refractivity contribution in [3.63, 3.8) is 0 Å². The Morgan fingerprint density at radius 1 is 0.786 bits per heavy atom. The Kier molecular flexibility index (Phi) is 9.65. The summed E-state index contributed by atoms with van der Waals surface area (Å²) < 4.78 is 26.9. The lowest BCUT2D eigenvalue weighted by atomic mass is 10.1. The molecule has 2 aromatic heterocycles. The number of rotatable bonds is 6. The summed E-state index contributed by atoms with van der Waals surface area (Å²) in [5, 5.41) is 4.17. The molecular weight excluding hydrogens is 542 g/mol. The first-order valence-electron chi connectivity index (χ1n) is 13.5. The molecule has 1 aromatic carbocycles. The smallest absolute Gasteiger partial charge is 0.443 e. The summed E-state index contributed by atoms with van der Waals surface area (Å²) in [5.41, 5.74) is 0.326. The second kappa shape index (κ2) is 12.6. The molecule has 0 bridgehead atoms. The Morgan fingerprint density at radius 2 is 1.33 bits per heavy atom. The summed E-state index contributed by atoms with van der Waals surface area (Å²) in [6.07, 6.45) is -0.715. The molecule has 0 unspecified atom stereocenters. The third kappa shape index (κ3) is 9.90. The molecule has 0 saturated heterocycles. The number of hydrogen-bond acceptors (Lipinski definition) is 10. The number of aromatic nitrogens is 2. The fourth-order valence-corrected chi connectivity index (χ4v) is 3.54. The minimum atomic E-state index is -0.938. The Bertz CT molecular complexity index is 1370. The summed E-state index contributed by atoms with van der Waals surface area (Å²) in [4.78, 5) is 43.2. The molecule has 2 amide bonds. The van der Waals surface area contributed by atoms with Crippen molar-refractivity contribution in [1.29, 1.82) is 0 Å². The van der Waals surface area contributed by atoms with Gasteiger partial charge in [-0.3, -0.25) is 0 Å². The van der Waals surface area contributed by atoms with Crippen LogP contribution in [0, 0.1) is 0 Å². The zero-order chi connectivity index (χ0) is 31.3. The van der Waals surface area contributed by atoms with Gasteiger partial charge in [0.1, 0.15) is 23.4 Å². The number of anilines is 1. The molecule has 0 spiro atoms. The van der Waals surface area contributed by atoms with Gasteiger partial charge in [0.15, 0.2) is 11.6 Å². The maximum Gasteiger partial charge on any atom is 0.509 e. The highest BCUT2D eigenvalue weighted by Crippen LogP contribution is 2.32. The van der Waals surface area contributed by atoms with E-state index in [-0.39, 0.29) is 12.4 Å². The highest BCUT2D eigenvalue weighted by Gasteiger charge is 2.35. The van der Waals surface area contributed by atoms with Crippen molar-refractivity contribution < 1.29 is 37.9 Å². The number of ether oxygens (including phenoxy) is 4. The highest BCUT2D eigenvalue weighted by molar-refractivity contribution is 6.10. The van der Waals surface area contributed by atoms with E-state index in [0.29, 0.717) is 23.4 Å². The largest absolute Gasteiger partial charge is 0.509 e. The van der Waals surface area contributed by atoms with E-state index in [1.807, 2.05) is 24.3 Å². The van der Waals surface area contributed by atoms with Crippen molar-refractivity contribution in [2.75, 3.05) is 4.90 Å². The lowest BCUT2D eigenvalue weighted by Gasteiger charge is -2.28. The van der Waals surface area contributed by atoms with Crippen molar-refractivity contribution in [2.24, 2.45) is 0 Å². The molecule has 0 atom stereocenters. The molecule has 42 heavy (non-hydrogen) atoms. The molecule has 11 nitrogen and oxygen atoms in total. The maximum absolute atomic E-state index is 13.2. The average molecular weight is 582 g/mol. The summed E-state index contributed by atoms with van der Waals surface area (Å²) in [7, 11) is 0. The van der Waals surface area contributed by atoms with Crippen LogP contribution in [-0.2, 0) is 32.0 Å². The molecule has 0 N–H and O–H groups in total. The van der Waals surface area contributed by atoms with Gasteiger partial charge in [0, 0.05) is 18.7 Å². The lowest BCUT2D eigenvalue weighted by Crippen LogP contribution is -2.44. The van der Waals surface area contributed by atoms with Gasteiger partial charge in [-0.05, 0) is 85.6 Å². The summed E-state index contributed by atoms with van der Waals surface area (Å²) in [6, 6.07) is 12.5. The highest BCUT2D eigenvalue weighted by atomic mass is 16.7. The molecule has 11 heteroatoms. The van der Waals surface area contributed by atoms with E-state index in [4.69, 9.17) is 23.5 Å². The molecule has 0 saturated carbocycles. The Balaban J connectivity index is 1.80. The van der Waals surface area contributed by atoms with Crippen LogP contribution in [0.3, 0.4) is 0 Å². The Hall–Kier alpha value is -4.41. The van der Waals surface area contributed by atoms with Gasteiger partial charge >= 0.3 is 18.3 Å². The van der Waals surface area contributed by atoms with Crippen molar-refractivity contribution in [2.45, 2.75) is 92.1 Å². The van der Waals surface area contributed by atoms with Crippen LogP contribution in [0.2, 0.25) is 0 Å². The predicted molar refractivity (Wildman–Crippen MR) is 155 cm³/mol. The molecule has 3 aromatic rings. The number of carbonyl (C=O) groups is 3. The molecule has 0 fully saturated rings. The first-order valence-corrected chi connectivity index (χ1v) is 13.5. The minimum Gasteiger partial charge on any atom is -0.443 e. The third-order valence-electron chi connectivity index (χ3n) is 5.13. The quantitative estimate of drug-likeness (QED) is 0.213. The second-order valence-corrected chi connectivity index (χ2v) is 12.6. The zero-order valence-electron chi connectivity index (χ0n) is 25.6. The summed E-state index contributed by atoms with van der Waals surface area (Å²) in [6.45, 7) is 15.6. The van der Waals surface area contributed by atoms with Gasteiger partial charge in [-0.1, -0.05) is 29.4 Å². The first kappa shape index (κ1) is 32.1. The van der Waals surface area contributed by atoms with Crippen LogP contribution in [-0.4, -0.2) is 45.3 Å². The van der Waals surface area contributed by atoms with Gasteiger partial charge in [-0.25, -0.2) is 19.4 Å². The zero-order valence-corrected chi connectivity index (χ0v) is 25.6. The van der Waals surface area contributed by atoms with E-state index in [1.54, 1.807) is 80.5 Å². The Labute approximate surface area is 246 Å². The molecule has 0 radical (unpaired) electrons. The van der Waals surface area contributed by atoms with E-state index >= 15 is 0 Å². The second-order valence-electron chi connectivity index (χ2n) is 12.6. The molecule has 226 valence electrons. The number of amides is 2. The van der Waals surface area contributed by atoms with Gasteiger partial charge in [0.05, 0.1) is 11.3 Å². The molecule has 3 rings (SSSR count). The van der Waals surface area contributed by atoms with Crippen LogP contribution in [0.5, 0.6) is 0 Å². The van der Waals surface area contributed by atoms with Crippen molar-refractivity contribution in [3.8, 4) is 11.3 Å². The molecule has 0 aliphatic rings. The van der Waals surface area contributed by atoms with E-state index in [2.05, 4.69) is 10.1 Å². The van der Waals surface area contributed by atoms with Crippen LogP contribution >= 0.6 is 0 Å². The minimum absolute atomic E-state index is 0.0157. The van der Waals surface area contributed by atoms with Crippen molar-refractivity contribution in [3.05, 3.63) is 65.5 Å². The van der Waals surface area contributed by atoms with Gasteiger partial charge in [0.25, 0.3) is 0 Å². The lowest BCUT2D eigenvalue weighted by molar-refractivity contribution is -0.0108. The van der Waals surface area contributed by atoms with Gasteiger partial charge in [-0.15, -0.1) is 0 Å². The molecular formula is C31H39N3O8. The van der Waals surface area contributed by atoms with E-state index in [1.165, 1.54) is 6.20 Å². The van der Waals surface area contributed by atoms with Crippen LogP contribution in [0.4, 0.5) is 20.2 Å². The Morgan fingerprint density at radius 3 is 1.88 bits per heavy atom. The molecule has 0 aliphatic heterocycles. The number of imide groups is 1. The van der Waals surface area contributed by atoms with Crippen molar-refractivity contribution in [1.82, 2.24) is 10.1 Å². The average Bonchev–Trinajstić information content (AvgIpc) is 3.29. The molecule has 0 aliphatic carbocycles. The third-order valence-corrected chi connectivity index (χ3v) is 5.13. The normalized spacial score (nSPS) is 11.9. The fourth-order valence-electron chi connectivity index (χ4n) is 3.54. The van der Waals surface area contributed by atoms with Gasteiger partial charge in [0.2, 0.25) is 0 Å². The fraction of sp³-hybridized carbons (Fsp3) is 0.452. The van der Waals surface area contributed by atoms with Crippen LogP contribution in [0.25, 0.3) is 11.3 Å². The van der Waals surface area contributed by atoms with E-state index in [9.17, 15) is 14.4 Å². The number of benzene rings is 1. The molecule has 2 heterocycles. The van der Waals surface area contributed by atoms with Gasteiger partial charge < -0.3 is 23.5 Å². The number of carbonyl (C=O) groups excluding carboxylic acids is 3. The summed E-state index contributed by atoms with van der Waals surface area (Å²) >= 11 is 0.